The first kappa shape index (κ1) is 24.2. The van der Waals surface area contributed by atoms with Gasteiger partial charge in [0, 0.05) is 37.8 Å². The molecule has 180 valence electrons. The van der Waals surface area contributed by atoms with E-state index in [-0.39, 0.29) is 22.9 Å². The Hall–Kier alpha value is -1.95. The number of carbonyl (C=O) groups is 1. The summed E-state index contributed by atoms with van der Waals surface area (Å²) in [6, 6.07) is 7.23. The molecule has 2 aliphatic heterocycles. The topological polar surface area (TPSA) is 97.6 Å². The first-order valence-corrected chi connectivity index (χ1v) is 13.7. The fraction of sp³-hybridized carbons (Fsp3) is 0.591. The second kappa shape index (κ2) is 10.1. The Morgan fingerprint density at radius 3 is 2.36 bits per heavy atom. The molecule has 1 amide bonds. The molecule has 2 atom stereocenters. The Labute approximate surface area is 199 Å². The van der Waals surface area contributed by atoms with Crippen molar-refractivity contribution in [3.63, 3.8) is 0 Å². The monoisotopic (exact) mass is 493 g/mol. The lowest BCUT2D eigenvalue weighted by molar-refractivity contribution is -0.134. The van der Waals surface area contributed by atoms with Gasteiger partial charge in [-0.1, -0.05) is 11.8 Å². The van der Waals surface area contributed by atoms with Crippen LogP contribution in [0.3, 0.4) is 0 Å². The summed E-state index contributed by atoms with van der Waals surface area (Å²) in [6.07, 6.45) is 3.26. The number of nitrogens with zero attached hydrogens (tertiary/aromatic N) is 5. The molecule has 9 nitrogen and oxygen atoms in total. The molecule has 1 aromatic heterocycles. The van der Waals surface area contributed by atoms with Gasteiger partial charge in [0.2, 0.25) is 15.9 Å². The Bertz CT molecular complexity index is 1070. The zero-order chi connectivity index (χ0) is 23.6. The summed E-state index contributed by atoms with van der Waals surface area (Å²) >= 11 is 1.38. The molecule has 11 heteroatoms. The molecule has 0 radical (unpaired) electrons. The largest absolute Gasteiger partial charge is 0.379 e. The first-order valence-electron chi connectivity index (χ1n) is 11.3. The molecule has 1 aromatic carbocycles. The smallest absolute Gasteiger partial charge is 0.243 e. The molecule has 0 unspecified atom stereocenters. The normalized spacial score (nSPS) is 22.5. The van der Waals surface area contributed by atoms with E-state index in [1.54, 1.807) is 24.3 Å². The summed E-state index contributed by atoms with van der Waals surface area (Å²) in [5.74, 6) is 1.07. The van der Waals surface area contributed by atoms with Crippen LogP contribution in [0.2, 0.25) is 0 Å². The van der Waals surface area contributed by atoms with Gasteiger partial charge in [-0.05, 0) is 57.4 Å². The zero-order valence-electron chi connectivity index (χ0n) is 19.3. The number of likely N-dealkylation sites (tertiary alicyclic amines) is 1. The van der Waals surface area contributed by atoms with Gasteiger partial charge in [0.1, 0.15) is 0 Å². The van der Waals surface area contributed by atoms with Crippen molar-refractivity contribution in [1.82, 2.24) is 24.0 Å². The Kier molecular flexibility index (Phi) is 7.42. The average molecular weight is 494 g/mol. The number of sulfonamides is 1. The number of piperidine rings is 1. The molecule has 2 fully saturated rings. The third-order valence-electron chi connectivity index (χ3n) is 6.36. The number of hydrogen-bond donors (Lipinski definition) is 0. The van der Waals surface area contributed by atoms with Crippen LogP contribution >= 0.6 is 11.8 Å². The lowest BCUT2D eigenvalue weighted by Gasteiger charge is -2.39. The second-order valence-corrected chi connectivity index (χ2v) is 11.5. The highest BCUT2D eigenvalue weighted by Gasteiger charge is 2.29. The molecule has 0 aliphatic carbocycles. The minimum atomic E-state index is -3.54. The van der Waals surface area contributed by atoms with Crippen molar-refractivity contribution in [2.75, 3.05) is 32.1 Å². The zero-order valence-corrected chi connectivity index (χ0v) is 20.9. The molecule has 2 aromatic rings. The molecule has 4 rings (SSSR count). The van der Waals surface area contributed by atoms with Gasteiger partial charge in [0.05, 0.1) is 23.9 Å². The van der Waals surface area contributed by atoms with E-state index >= 15 is 0 Å². The summed E-state index contributed by atoms with van der Waals surface area (Å²) in [7, 11) is -1.69. The van der Waals surface area contributed by atoms with Gasteiger partial charge in [0.15, 0.2) is 11.0 Å². The number of carbonyl (C=O) groups excluding carboxylic acids is 1. The number of aromatic nitrogens is 3. The SMILES string of the molecule is C[C@H]1CCC[C@H](C)N1C(=O)CSc1nnc(-c2ccc(S(=O)(=O)N3CCOCC3)cc2)n1C. The number of amides is 1. The van der Waals surface area contributed by atoms with Gasteiger partial charge in [-0.2, -0.15) is 4.31 Å². The lowest BCUT2D eigenvalue weighted by atomic mass is 9.98. The van der Waals surface area contributed by atoms with Crippen LogP contribution in [0.4, 0.5) is 0 Å². The van der Waals surface area contributed by atoms with Crippen molar-refractivity contribution in [1.29, 1.82) is 0 Å². The minimum Gasteiger partial charge on any atom is -0.379 e. The molecule has 0 saturated carbocycles. The van der Waals surface area contributed by atoms with Crippen LogP contribution in [0.25, 0.3) is 11.4 Å². The maximum atomic E-state index is 12.8. The summed E-state index contributed by atoms with van der Waals surface area (Å²) in [5.41, 5.74) is 0.766. The number of rotatable bonds is 6. The summed E-state index contributed by atoms with van der Waals surface area (Å²) in [4.78, 5) is 15.1. The number of morpholine rings is 1. The van der Waals surface area contributed by atoms with Crippen molar-refractivity contribution in [2.24, 2.45) is 7.05 Å². The van der Waals surface area contributed by atoms with Gasteiger partial charge < -0.3 is 14.2 Å². The van der Waals surface area contributed by atoms with Gasteiger partial charge in [-0.15, -0.1) is 10.2 Å². The molecular formula is C22H31N5O4S2. The van der Waals surface area contributed by atoms with E-state index in [0.717, 1.165) is 18.4 Å². The molecule has 33 heavy (non-hydrogen) atoms. The van der Waals surface area contributed by atoms with E-state index in [0.29, 0.717) is 43.0 Å². The maximum absolute atomic E-state index is 12.8. The van der Waals surface area contributed by atoms with Crippen LogP contribution in [0.15, 0.2) is 34.3 Å². The van der Waals surface area contributed by atoms with Gasteiger partial charge in [0.25, 0.3) is 0 Å². The van der Waals surface area contributed by atoms with E-state index in [2.05, 4.69) is 24.0 Å². The molecule has 2 saturated heterocycles. The predicted molar refractivity (Wildman–Crippen MR) is 126 cm³/mol. The van der Waals surface area contributed by atoms with Gasteiger partial charge in [-0.25, -0.2) is 8.42 Å². The Balaban J connectivity index is 1.43. The van der Waals surface area contributed by atoms with Crippen molar-refractivity contribution in [2.45, 2.75) is 55.2 Å². The van der Waals surface area contributed by atoms with Crippen molar-refractivity contribution in [3.05, 3.63) is 24.3 Å². The Morgan fingerprint density at radius 1 is 1.09 bits per heavy atom. The van der Waals surface area contributed by atoms with Gasteiger partial charge >= 0.3 is 0 Å². The van der Waals surface area contributed by atoms with E-state index in [4.69, 9.17) is 4.74 Å². The van der Waals surface area contributed by atoms with E-state index < -0.39 is 10.0 Å². The Morgan fingerprint density at radius 2 is 1.73 bits per heavy atom. The van der Waals surface area contributed by atoms with E-state index in [1.807, 2.05) is 16.5 Å². The third-order valence-corrected chi connectivity index (χ3v) is 9.28. The van der Waals surface area contributed by atoms with Crippen LogP contribution in [0, 0.1) is 0 Å². The van der Waals surface area contributed by atoms with Crippen LogP contribution < -0.4 is 0 Å². The fourth-order valence-corrected chi connectivity index (χ4v) is 6.71. The van der Waals surface area contributed by atoms with Crippen LogP contribution in [-0.4, -0.2) is 82.4 Å². The molecule has 2 aliphatic rings. The molecule has 0 spiro atoms. The summed E-state index contributed by atoms with van der Waals surface area (Å²) in [6.45, 7) is 5.77. The number of ether oxygens (including phenoxy) is 1. The number of hydrogen-bond acceptors (Lipinski definition) is 7. The van der Waals surface area contributed by atoms with Crippen molar-refractivity contribution >= 4 is 27.7 Å². The highest BCUT2D eigenvalue weighted by molar-refractivity contribution is 7.99. The maximum Gasteiger partial charge on any atom is 0.243 e. The summed E-state index contributed by atoms with van der Waals surface area (Å²) in [5, 5.41) is 9.19. The molecule has 0 bridgehead atoms. The molecular weight excluding hydrogens is 462 g/mol. The van der Waals surface area contributed by atoms with E-state index in [9.17, 15) is 13.2 Å². The molecule has 0 N–H and O–H groups in total. The average Bonchev–Trinajstić information content (AvgIpc) is 3.18. The summed E-state index contributed by atoms with van der Waals surface area (Å²) < 4.78 is 34.2. The third kappa shape index (κ3) is 5.11. The fourth-order valence-electron chi connectivity index (χ4n) is 4.52. The molecule has 3 heterocycles. The first-order chi connectivity index (χ1) is 15.8. The number of benzene rings is 1. The van der Waals surface area contributed by atoms with Gasteiger partial charge in [-0.3, -0.25) is 4.79 Å². The van der Waals surface area contributed by atoms with Crippen LogP contribution in [0.1, 0.15) is 33.1 Å². The standard InChI is InChI=1S/C22H31N5O4S2/c1-16-5-4-6-17(2)27(16)20(28)15-32-22-24-23-21(25(22)3)18-7-9-19(10-8-18)33(29,30)26-11-13-31-14-12-26/h7-10,16-17H,4-6,11-15H2,1-3H3/t16-,17-/m0/s1. The number of thioether (sulfide) groups is 1. The van der Waals surface area contributed by atoms with Crippen LogP contribution in [-0.2, 0) is 26.6 Å². The highest BCUT2D eigenvalue weighted by atomic mass is 32.2. The minimum absolute atomic E-state index is 0.127. The second-order valence-electron chi connectivity index (χ2n) is 8.62. The highest BCUT2D eigenvalue weighted by Crippen LogP contribution is 2.27. The predicted octanol–water partition coefficient (Wildman–Crippen LogP) is 2.38. The van der Waals surface area contributed by atoms with Crippen LogP contribution in [0.5, 0.6) is 0 Å². The van der Waals surface area contributed by atoms with Crippen molar-refractivity contribution in [3.8, 4) is 11.4 Å². The van der Waals surface area contributed by atoms with E-state index in [1.165, 1.54) is 22.5 Å². The van der Waals surface area contributed by atoms with Crippen molar-refractivity contribution < 1.29 is 17.9 Å². The lowest BCUT2D eigenvalue weighted by Crippen LogP contribution is -2.48. The quantitative estimate of drug-likeness (QED) is 0.570.